The minimum atomic E-state index is -3.66. The van der Waals surface area contributed by atoms with Crippen molar-refractivity contribution in [2.75, 3.05) is 18.4 Å². The third kappa shape index (κ3) is 4.52. The lowest BCUT2D eigenvalue weighted by atomic mass is 10.2. The Bertz CT molecular complexity index is 921. The number of anilines is 1. The number of nitrogens with one attached hydrogen (secondary N) is 1. The van der Waals surface area contributed by atoms with Gasteiger partial charge in [-0.15, -0.1) is 0 Å². The summed E-state index contributed by atoms with van der Waals surface area (Å²) in [5, 5.41) is 2.58. The molecule has 0 radical (unpaired) electrons. The second kappa shape index (κ2) is 7.75. The van der Waals surface area contributed by atoms with Gasteiger partial charge in [0.1, 0.15) is 5.82 Å². The topological polar surface area (TPSA) is 75.7 Å². The summed E-state index contributed by atoms with van der Waals surface area (Å²) in [5.41, 5.74) is 0.606. The van der Waals surface area contributed by atoms with Crippen LogP contribution in [0.15, 0.2) is 53.4 Å². The van der Waals surface area contributed by atoms with Gasteiger partial charge in [0.2, 0.25) is 10.0 Å². The highest BCUT2D eigenvalue weighted by atomic mass is 32.2. The Hall–Kier alpha value is -2.29. The van der Waals surface area contributed by atoms with E-state index in [2.05, 4.69) is 5.32 Å². The maximum Gasteiger partial charge on any atom is 0.255 e. The lowest BCUT2D eigenvalue weighted by Gasteiger charge is -2.34. The van der Waals surface area contributed by atoms with Gasteiger partial charge >= 0.3 is 0 Å². The first-order valence-electron chi connectivity index (χ1n) is 8.58. The molecule has 1 aliphatic heterocycles. The molecule has 0 unspecified atom stereocenters. The molecule has 8 heteroatoms. The molecule has 1 amide bonds. The summed E-state index contributed by atoms with van der Waals surface area (Å²) >= 11 is 0. The molecule has 2 atom stereocenters. The van der Waals surface area contributed by atoms with Gasteiger partial charge in [0.15, 0.2) is 0 Å². The number of nitrogens with zero attached hydrogens (tertiary/aromatic N) is 1. The zero-order chi connectivity index (χ0) is 19.6. The predicted molar refractivity (Wildman–Crippen MR) is 99.6 cm³/mol. The van der Waals surface area contributed by atoms with Crippen molar-refractivity contribution >= 4 is 21.6 Å². The minimum Gasteiger partial charge on any atom is -0.373 e. The van der Waals surface area contributed by atoms with Gasteiger partial charge in [0.25, 0.3) is 5.91 Å². The van der Waals surface area contributed by atoms with Crippen molar-refractivity contribution in [3.05, 3.63) is 59.9 Å². The molecule has 3 rings (SSSR count). The molecular formula is C19H21FN2O4S. The molecule has 1 fully saturated rings. The number of sulfonamides is 1. The number of carbonyl (C=O) groups is 1. The van der Waals surface area contributed by atoms with Gasteiger partial charge in [-0.25, -0.2) is 12.8 Å². The number of hydrogen-bond donors (Lipinski definition) is 1. The van der Waals surface area contributed by atoms with E-state index < -0.39 is 21.7 Å². The number of halogens is 1. The van der Waals surface area contributed by atoms with Gasteiger partial charge in [0.05, 0.1) is 17.1 Å². The van der Waals surface area contributed by atoms with Crippen molar-refractivity contribution in [3.8, 4) is 0 Å². The molecule has 0 bridgehead atoms. The minimum absolute atomic E-state index is 0.117. The average Bonchev–Trinajstić information content (AvgIpc) is 2.61. The fourth-order valence-electron chi connectivity index (χ4n) is 3.02. The zero-order valence-electron chi connectivity index (χ0n) is 15.1. The normalized spacial score (nSPS) is 21.0. The Balaban J connectivity index is 1.75. The summed E-state index contributed by atoms with van der Waals surface area (Å²) in [4.78, 5) is 12.4. The van der Waals surface area contributed by atoms with Gasteiger partial charge in [0, 0.05) is 24.3 Å². The van der Waals surface area contributed by atoms with Crippen LogP contribution in [0.5, 0.6) is 0 Å². The SMILES string of the molecule is C[C@H]1CN(S(=O)(=O)c2ccc(C(=O)Nc3cccc(F)c3)cc2)C[C@H](C)O1. The van der Waals surface area contributed by atoms with Crippen LogP contribution in [0, 0.1) is 5.82 Å². The Labute approximate surface area is 158 Å². The molecule has 6 nitrogen and oxygen atoms in total. The van der Waals surface area contributed by atoms with Crippen LogP contribution in [0.25, 0.3) is 0 Å². The van der Waals surface area contributed by atoms with E-state index in [1.54, 1.807) is 6.07 Å². The maximum absolute atomic E-state index is 13.2. The van der Waals surface area contributed by atoms with E-state index in [0.717, 1.165) is 0 Å². The van der Waals surface area contributed by atoms with Gasteiger partial charge in [-0.05, 0) is 56.3 Å². The van der Waals surface area contributed by atoms with E-state index in [1.165, 1.54) is 46.8 Å². The number of ether oxygens (including phenoxy) is 1. The first-order valence-corrected chi connectivity index (χ1v) is 10.0. The van der Waals surface area contributed by atoms with Crippen LogP contribution in [0.3, 0.4) is 0 Å². The fraction of sp³-hybridized carbons (Fsp3) is 0.316. The molecule has 2 aromatic rings. The first kappa shape index (κ1) is 19.5. The molecule has 0 spiro atoms. The number of hydrogen-bond acceptors (Lipinski definition) is 4. The van der Waals surface area contributed by atoms with Crippen molar-refractivity contribution in [2.24, 2.45) is 0 Å². The van der Waals surface area contributed by atoms with Crippen molar-refractivity contribution < 1.29 is 22.3 Å². The molecule has 27 heavy (non-hydrogen) atoms. The largest absolute Gasteiger partial charge is 0.373 e. The van der Waals surface area contributed by atoms with Crippen molar-refractivity contribution in [1.29, 1.82) is 0 Å². The molecule has 144 valence electrons. The summed E-state index contributed by atoms with van der Waals surface area (Å²) in [6.45, 7) is 4.24. The Morgan fingerprint density at radius 3 is 2.33 bits per heavy atom. The van der Waals surface area contributed by atoms with E-state index in [9.17, 15) is 17.6 Å². The molecule has 1 aliphatic rings. The highest BCUT2D eigenvalue weighted by Crippen LogP contribution is 2.22. The van der Waals surface area contributed by atoms with Crippen LogP contribution in [-0.4, -0.2) is 43.9 Å². The lowest BCUT2D eigenvalue weighted by Crippen LogP contribution is -2.48. The van der Waals surface area contributed by atoms with Gasteiger partial charge < -0.3 is 10.1 Å². The summed E-state index contributed by atoms with van der Waals surface area (Å²) in [7, 11) is -3.66. The van der Waals surface area contributed by atoms with Crippen LogP contribution in [0.4, 0.5) is 10.1 Å². The molecule has 0 saturated carbocycles. The predicted octanol–water partition coefficient (Wildman–Crippen LogP) is 2.88. The summed E-state index contributed by atoms with van der Waals surface area (Å²) in [5.74, 6) is -0.902. The first-order chi connectivity index (χ1) is 12.8. The van der Waals surface area contributed by atoms with E-state index >= 15 is 0 Å². The van der Waals surface area contributed by atoms with Crippen LogP contribution in [0.1, 0.15) is 24.2 Å². The second-order valence-corrected chi connectivity index (χ2v) is 8.51. The maximum atomic E-state index is 13.2. The van der Waals surface area contributed by atoms with E-state index in [1.807, 2.05) is 13.8 Å². The Kier molecular flexibility index (Phi) is 5.59. The molecule has 2 aromatic carbocycles. The van der Waals surface area contributed by atoms with Crippen LogP contribution < -0.4 is 5.32 Å². The van der Waals surface area contributed by atoms with Gasteiger partial charge in [-0.2, -0.15) is 4.31 Å². The number of carbonyl (C=O) groups excluding carboxylic acids is 1. The lowest BCUT2D eigenvalue weighted by molar-refractivity contribution is -0.0440. The van der Waals surface area contributed by atoms with Crippen molar-refractivity contribution in [2.45, 2.75) is 31.0 Å². The highest BCUT2D eigenvalue weighted by Gasteiger charge is 2.32. The average molecular weight is 392 g/mol. The Morgan fingerprint density at radius 2 is 1.74 bits per heavy atom. The molecule has 0 aromatic heterocycles. The van der Waals surface area contributed by atoms with Crippen LogP contribution >= 0.6 is 0 Å². The molecular weight excluding hydrogens is 371 g/mol. The monoisotopic (exact) mass is 392 g/mol. The molecule has 1 saturated heterocycles. The van der Waals surface area contributed by atoms with E-state index in [0.29, 0.717) is 5.69 Å². The molecule has 1 heterocycles. The van der Waals surface area contributed by atoms with Crippen molar-refractivity contribution in [3.63, 3.8) is 0 Å². The third-order valence-corrected chi connectivity index (χ3v) is 6.07. The molecule has 1 N–H and O–H groups in total. The standard InChI is InChI=1S/C19H21FN2O4S/c1-13-11-22(12-14(2)26-13)27(24,25)18-8-6-15(7-9-18)19(23)21-17-5-3-4-16(20)10-17/h3-10,13-14H,11-12H2,1-2H3,(H,21,23)/t13-,14-/m0/s1. The highest BCUT2D eigenvalue weighted by molar-refractivity contribution is 7.89. The second-order valence-electron chi connectivity index (χ2n) is 6.57. The van der Waals surface area contributed by atoms with Crippen LogP contribution in [0.2, 0.25) is 0 Å². The van der Waals surface area contributed by atoms with Gasteiger partial charge in [-0.1, -0.05) is 6.07 Å². The summed E-state index contributed by atoms with van der Waals surface area (Å²) in [6, 6.07) is 11.2. The molecule has 0 aliphatic carbocycles. The summed E-state index contributed by atoms with van der Waals surface area (Å²) in [6.07, 6.45) is -0.361. The number of rotatable bonds is 4. The quantitative estimate of drug-likeness (QED) is 0.868. The van der Waals surface area contributed by atoms with Crippen molar-refractivity contribution in [1.82, 2.24) is 4.31 Å². The van der Waals surface area contributed by atoms with E-state index in [-0.39, 0.29) is 35.8 Å². The summed E-state index contributed by atoms with van der Waals surface area (Å²) < 4.78 is 45.8. The third-order valence-electron chi connectivity index (χ3n) is 4.22. The smallest absolute Gasteiger partial charge is 0.255 e. The van der Waals surface area contributed by atoms with E-state index in [4.69, 9.17) is 4.74 Å². The number of benzene rings is 2. The fourth-order valence-corrected chi connectivity index (χ4v) is 4.61. The number of morpholine rings is 1. The Morgan fingerprint density at radius 1 is 1.11 bits per heavy atom. The van der Waals surface area contributed by atoms with Crippen LogP contribution in [-0.2, 0) is 14.8 Å². The van der Waals surface area contributed by atoms with Gasteiger partial charge in [-0.3, -0.25) is 4.79 Å². The zero-order valence-corrected chi connectivity index (χ0v) is 15.9. The number of amides is 1.